The Morgan fingerprint density at radius 2 is 1.75 bits per heavy atom. The molecule has 12 heavy (non-hydrogen) atoms. The standard InChI is InChI=1S/C7H12O5/c1-4(6(8)9)12-7(10)5(2)11-3/h4-5H,1-3H3,(H,8,9)/t4-,5-/m0/s1. The van der Waals surface area contributed by atoms with Crippen LogP contribution in [0.4, 0.5) is 0 Å². The number of methoxy groups -OCH3 is 1. The van der Waals surface area contributed by atoms with Crippen LogP contribution in [0.25, 0.3) is 0 Å². The average Bonchev–Trinajstić information content (AvgIpc) is 2.02. The summed E-state index contributed by atoms with van der Waals surface area (Å²) >= 11 is 0. The molecule has 0 aliphatic rings. The summed E-state index contributed by atoms with van der Waals surface area (Å²) in [4.78, 5) is 21.1. The molecular formula is C7H12O5. The largest absolute Gasteiger partial charge is 0.479 e. The lowest BCUT2D eigenvalue weighted by Crippen LogP contribution is -2.30. The highest BCUT2D eigenvalue weighted by Gasteiger charge is 2.20. The van der Waals surface area contributed by atoms with Gasteiger partial charge in [-0.05, 0) is 13.8 Å². The van der Waals surface area contributed by atoms with Gasteiger partial charge in [-0.1, -0.05) is 0 Å². The number of carbonyl (C=O) groups excluding carboxylic acids is 1. The molecule has 2 atom stereocenters. The van der Waals surface area contributed by atoms with Gasteiger partial charge >= 0.3 is 11.9 Å². The van der Waals surface area contributed by atoms with E-state index < -0.39 is 24.1 Å². The second-order valence-electron chi connectivity index (χ2n) is 2.30. The lowest BCUT2D eigenvalue weighted by molar-refractivity contribution is -0.169. The maximum absolute atomic E-state index is 10.9. The fraction of sp³-hybridized carbons (Fsp3) is 0.714. The highest BCUT2D eigenvalue weighted by atomic mass is 16.6. The van der Waals surface area contributed by atoms with Gasteiger partial charge in [0.25, 0.3) is 0 Å². The number of hydrogen-bond donors (Lipinski definition) is 1. The molecule has 0 bridgehead atoms. The van der Waals surface area contributed by atoms with E-state index in [4.69, 9.17) is 5.11 Å². The quantitative estimate of drug-likeness (QED) is 0.612. The molecule has 0 spiro atoms. The number of rotatable bonds is 4. The van der Waals surface area contributed by atoms with E-state index in [2.05, 4.69) is 9.47 Å². The number of aliphatic carboxylic acids is 1. The summed E-state index contributed by atoms with van der Waals surface area (Å²) in [6, 6.07) is 0. The fourth-order valence-electron chi connectivity index (χ4n) is 0.417. The van der Waals surface area contributed by atoms with E-state index >= 15 is 0 Å². The van der Waals surface area contributed by atoms with Crippen LogP contribution >= 0.6 is 0 Å². The van der Waals surface area contributed by atoms with Gasteiger partial charge in [0.1, 0.15) is 0 Å². The second-order valence-corrected chi connectivity index (χ2v) is 2.30. The average molecular weight is 176 g/mol. The minimum atomic E-state index is -1.17. The predicted molar refractivity (Wildman–Crippen MR) is 39.7 cm³/mol. The zero-order valence-electron chi connectivity index (χ0n) is 7.23. The molecule has 0 aliphatic heterocycles. The number of carbonyl (C=O) groups is 2. The van der Waals surface area contributed by atoms with Crippen molar-refractivity contribution in [3.8, 4) is 0 Å². The van der Waals surface area contributed by atoms with Gasteiger partial charge in [-0.3, -0.25) is 0 Å². The molecule has 0 fully saturated rings. The number of ether oxygens (including phenoxy) is 2. The summed E-state index contributed by atoms with van der Waals surface area (Å²) in [7, 11) is 1.34. The third kappa shape index (κ3) is 3.34. The predicted octanol–water partition coefficient (Wildman–Crippen LogP) is 0.0376. The summed E-state index contributed by atoms with van der Waals surface area (Å²) < 4.78 is 9.13. The molecule has 0 aromatic rings. The van der Waals surface area contributed by atoms with Crippen molar-refractivity contribution in [1.29, 1.82) is 0 Å². The van der Waals surface area contributed by atoms with Crippen molar-refractivity contribution in [2.24, 2.45) is 0 Å². The van der Waals surface area contributed by atoms with E-state index in [1.54, 1.807) is 0 Å². The van der Waals surface area contributed by atoms with Crippen molar-refractivity contribution < 1.29 is 24.2 Å². The summed E-state index contributed by atoms with van der Waals surface area (Å²) in [6.07, 6.45) is -1.86. The zero-order chi connectivity index (χ0) is 9.72. The third-order valence-corrected chi connectivity index (χ3v) is 1.33. The van der Waals surface area contributed by atoms with Crippen molar-refractivity contribution in [1.82, 2.24) is 0 Å². The molecule has 0 amide bonds. The van der Waals surface area contributed by atoms with E-state index in [9.17, 15) is 9.59 Å². The molecule has 0 aliphatic carbocycles. The first-order valence-electron chi connectivity index (χ1n) is 3.45. The van der Waals surface area contributed by atoms with Crippen molar-refractivity contribution >= 4 is 11.9 Å². The van der Waals surface area contributed by atoms with Gasteiger partial charge in [0.05, 0.1) is 0 Å². The Morgan fingerprint density at radius 1 is 1.25 bits per heavy atom. The van der Waals surface area contributed by atoms with Gasteiger partial charge in [0, 0.05) is 7.11 Å². The molecule has 0 heterocycles. The summed E-state index contributed by atoms with van der Waals surface area (Å²) in [5, 5.41) is 8.37. The van der Waals surface area contributed by atoms with Crippen LogP contribution in [0.15, 0.2) is 0 Å². The van der Waals surface area contributed by atoms with Gasteiger partial charge in [-0.25, -0.2) is 9.59 Å². The van der Waals surface area contributed by atoms with Gasteiger partial charge in [0.2, 0.25) is 0 Å². The maximum Gasteiger partial charge on any atom is 0.344 e. The van der Waals surface area contributed by atoms with Crippen LogP contribution in [0.3, 0.4) is 0 Å². The Bertz CT molecular complexity index is 177. The van der Waals surface area contributed by atoms with Crippen LogP contribution in [-0.2, 0) is 19.1 Å². The smallest absolute Gasteiger partial charge is 0.344 e. The lowest BCUT2D eigenvalue weighted by atomic mass is 10.4. The first-order valence-corrected chi connectivity index (χ1v) is 3.45. The van der Waals surface area contributed by atoms with Crippen molar-refractivity contribution in [3.05, 3.63) is 0 Å². The number of carboxylic acid groups (broad SMARTS) is 1. The number of carboxylic acids is 1. The number of esters is 1. The molecule has 0 unspecified atom stereocenters. The second kappa shape index (κ2) is 4.71. The SMILES string of the molecule is CO[C@@H](C)C(=O)O[C@@H](C)C(=O)O. The van der Waals surface area contributed by atoms with Gasteiger partial charge < -0.3 is 14.6 Å². The van der Waals surface area contributed by atoms with E-state index in [1.165, 1.54) is 21.0 Å². The van der Waals surface area contributed by atoms with Crippen LogP contribution in [0, 0.1) is 0 Å². The van der Waals surface area contributed by atoms with Crippen LogP contribution in [0.2, 0.25) is 0 Å². The lowest BCUT2D eigenvalue weighted by Gasteiger charge is -2.12. The molecule has 70 valence electrons. The summed E-state index contributed by atoms with van der Waals surface area (Å²) in [6.45, 7) is 2.76. The van der Waals surface area contributed by atoms with E-state index in [1.807, 2.05) is 0 Å². The minimum absolute atomic E-state index is 0.674. The highest BCUT2D eigenvalue weighted by molar-refractivity contribution is 5.79. The molecule has 0 rings (SSSR count). The molecule has 0 saturated heterocycles. The normalized spacial score (nSPS) is 14.9. The van der Waals surface area contributed by atoms with E-state index in [-0.39, 0.29) is 0 Å². The maximum atomic E-state index is 10.9. The van der Waals surface area contributed by atoms with Crippen LogP contribution in [0.5, 0.6) is 0 Å². The highest BCUT2D eigenvalue weighted by Crippen LogP contribution is 1.97. The topological polar surface area (TPSA) is 72.8 Å². The zero-order valence-corrected chi connectivity index (χ0v) is 7.23. The van der Waals surface area contributed by atoms with Gasteiger partial charge in [-0.2, -0.15) is 0 Å². The van der Waals surface area contributed by atoms with Crippen LogP contribution in [0.1, 0.15) is 13.8 Å². The number of hydrogen-bond acceptors (Lipinski definition) is 4. The summed E-state index contributed by atoms with van der Waals surface area (Å²) in [5.74, 6) is -1.85. The van der Waals surface area contributed by atoms with E-state index in [0.29, 0.717) is 0 Å². The first-order chi connectivity index (χ1) is 5.49. The Hall–Kier alpha value is -1.10. The summed E-state index contributed by atoms with van der Waals surface area (Å²) in [5.41, 5.74) is 0. The van der Waals surface area contributed by atoms with Crippen molar-refractivity contribution in [2.75, 3.05) is 7.11 Å². The van der Waals surface area contributed by atoms with Crippen LogP contribution in [-0.4, -0.2) is 36.4 Å². The Balaban J connectivity index is 3.92. The van der Waals surface area contributed by atoms with Crippen molar-refractivity contribution in [2.45, 2.75) is 26.1 Å². The van der Waals surface area contributed by atoms with E-state index in [0.717, 1.165) is 0 Å². The van der Waals surface area contributed by atoms with Crippen LogP contribution < -0.4 is 0 Å². The molecule has 0 aromatic carbocycles. The molecule has 0 radical (unpaired) electrons. The molecule has 5 heteroatoms. The Kier molecular flexibility index (Phi) is 4.28. The third-order valence-electron chi connectivity index (χ3n) is 1.33. The van der Waals surface area contributed by atoms with Crippen molar-refractivity contribution in [3.63, 3.8) is 0 Å². The molecule has 5 nitrogen and oxygen atoms in total. The Labute approximate surface area is 70.3 Å². The molecule has 0 saturated carbocycles. The minimum Gasteiger partial charge on any atom is -0.479 e. The van der Waals surface area contributed by atoms with Gasteiger partial charge in [0.15, 0.2) is 12.2 Å². The first kappa shape index (κ1) is 10.9. The fourth-order valence-corrected chi connectivity index (χ4v) is 0.417. The molecular weight excluding hydrogens is 164 g/mol. The molecule has 1 N–H and O–H groups in total. The van der Waals surface area contributed by atoms with Gasteiger partial charge in [-0.15, -0.1) is 0 Å². The monoisotopic (exact) mass is 176 g/mol. The molecule has 0 aromatic heterocycles. The Morgan fingerprint density at radius 3 is 2.08 bits per heavy atom.